The van der Waals surface area contributed by atoms with E-state index in [1.54, 1.807) is 97.1 Å². The summed E-state index contributed by atoms with van der Waals surface area (Å²) in [5.41, 5.74) is -11.0. The lowest BCUT2D eigenvalue weighted by atomic mass is 9.89. The summed E-state index contributed by atoms with van der Waals surface area (Å²) in [4.78, 5) is 109. The summed E-state index contributed by atoms with van der Waals surface area (Å²) in [5, 5.41) is 87.1. The molecule has 20 heteroatoms. The topological polar surface area (TPSA) is 335 Å². The molecule has 0 saturated carbocycles. The van der Waals surface area contributed by atoms with Crippen LogP contribution in [0.1, 0.15) is 263 Å². The van der Waals surface area contributed by atoms with E-state index in [-0.39, 0.29) is 44.5 Å². The van der Waals surface area contributed by atoms with Crippen molar-refractivity contribution < 1.29 is 98.2 Å². The average Bonchev–Trinajstić information content (AvgIpc) is 0.795. The Balaban J connectivity index is 1.43. The lowest BCUT2D eigenvalue weighted by Crippen LogP contribution is -2.43. The number of ether oxygens (including phenoxy) is 4. The number of ketones is 8. The molecule has 8 aromatic carbocycles. The zero-order valence-corrected chi connectivity index (χ0v) is 64.6. The fourth-order valence-electron chi connectivity index (χ4n) is 12.1. The first-order chi connectivity index (χ1) is 50.4. The van der Waals surface area contributed by atoms with Crippen LogP contribution < -0.4 is 0 Å². The van der Waals surface area contributed by atoms with Crippen LogP contribution in [0.4, 0.5) is 0 Å². The molecule has 0 aliphatic carbocycles. The minimum Gasteiger partial charge on any atom is -0.382 e. The van der Waals surface area contributed by atoms with E-state index in [0.717, 1.165) is 0 Å². The van der Waals surface area contributed by atoms with E-state index in [0.29, 0.717) is 44.5 Å². The largest absolute Gasteiger partial charge is 0.382 e. The number of aliphatic hydroxyl groups is 8. The highest BCUT2D eigenvalue weighted by Crippen LogP contribution is 2.40. The van der Waals surface area contributed by atoms with E-state index in [1.165, 1.54) is 208 Å². The Morgan fingerprint density at radius 3 is 0.376 bits per heavy atom. The third kappa shape index (κ3) is 21.6. The number of hydrogen-bond donors (Lipinski definition) is 8. The lowest BCUT2D eigenvalue weighted by Gasteiger charge is -2.38. The zero-order chi connectivity index (χ0) is 81.0. The molecule has 0 spiro atoms. The van der Waals surface area contributed by atoms with Crippen LogP contribution in [0, 0.1) is 5.41 Å². The predicted molar refractivity (Wildman–Crippen MR) is 410 cm³/mol. The number of benzene rings is 8. The Hall–Kier alpha value is -9.36. The van der Waals surface area contributed by atoms with E-state index in [4.69, 9.17) is 18.9 Å². The van der Waals surface area contributed by atoms with Gasteiger partial charge in [-0.2, -0.15) is 0 Å². The maximum Gasteiger partial charge on any atom is 0.193 e. The first-order valence-electron chi connectivity index (χ1n) is 35.8. The number of Topliss-reactive ketones (excluding diaryl/α,β-unsaturated/α-hetero) is 8. The van der Waals surface area contributed by atoms with Gasteiger partial charge < -0.3 is 59.8 Å². The first kappa shape index (κ1) is 85.3. The highest BCUT2D eigenvalue weighted by Gasteiger charge is 2.41. The van der Waals surface area contributed by atoms with Crippen LogP contribution >= 0.6 is 0 Å². The number of carbonyl (C=O) groups is 8. The fraction of sp³-hybridized carbons (Fsp3) is 0.371. The van der Waals surface area contributed by atoms with Gasteiger partial charge in [-0.25, -0.2) is 0 Å². The molecule has 8 rings (SSSR count). The molecule has 0 saturated heterocycles. The number of hydrogen-bond acceptors (Lipinski definition) is 20. The standard InChI is InChI=1S/C89H100O20/c1-81(2,98)73(90)61-33-17-53(18-34-61)69(54-19-35-62(36-20-54)74(91)82(3,4)99)106-49-89(50-107-70(55-21-37-63(38-22-55)75(92)83(5,6)100)56-23-39-64(40-24-56)76(93)84(7,8)101,51-108-71(57-25-41-65(42-26-57)77(94)85(9,10)102)58-27-43-66(44-28-58)78(95)86(11,12)103)52-109-72(59-29-45-67(46-30-59)79(96)87(13,14)104)60-31-47-68(48-32-60)80(97)88(15,16)105/h17-48,69-72,98-105H,49-52H2,1-16H3. The van der Waals surface area contributed by atoms with Crippen LogP contribution in [0.5, 0.6) is 0 Å². The molecule has 109 heavy (non-hydrogen) atoms. The molecule has 0 amide bonds. The molecule has 0 heterocycles. The minimum atomic E-state index is -1.77. The van der Waals surface area contributed by atoms with Gasteiger partial charge in [-0.15, -0.1) is 0 Å². The summed E-state index contributed by atoms with van der Waals surface area (Å²) < 4.78 is 29.7. The van der Waals surface area contributed by atoms with Gasteiger partial charge in [-0.1, -0.05) is 194 Å². The van der Waals surface area contributed by atoms with Gasteiger partial charge in [0.1, 0.15) is 69.2 Å². The summed E-state index contributed by atoms with van der Waals surface area (Å²) in [7, 11) is 0. The maximum atomic E-state index is 13.6. The van der Waals surface area contributed by atoms with E-state index in [9.17, 15) is 79.2 Å². The van der Waals surface area contributed by atoms with Crippen LogP contribution in [0.25, 0.3) is 0 Å². The molecule has 0 aromatic heterocycles. The molecule has 8 N–H and O–H groups in total. The maximum absolute atomic E-state index is 13.6. The summed E-state index contributed by atoms with van der Waals surface area (Å²) >= 11 is 0. The molecule has 0 aliphatic rings. The molecule has 0 fully saturated rings. The molecule has 576 valence electrons. The van der Waals surface area contributed by atoms with Crippen molar-refractivity contribution in [2.75, 3.05) is 26.4 Å². The third-order valence-electron chi connectivity index (χ3n) is 18.5. The minimum absolute atomic E-state index is 0.161. The van der Waals surface area contributed by atoms with Gasteiger partial charge in [-0.05, 0) is 155 Å². The van der Waals surface area contributed by atoms with Crippen LogP contribution in [0.2, 0.25) is 0 Å². The average molecular weight is 1490 g/mol. The molecule has 0 atom stereocenters. The van der Waals surface area contributed by atoms with Gasteiger partial charge in [-0.3, -0.25) is 38.4 Å². The highest BCUT2D eigenvalue weighted by atomic mass is 16.5. The second-order valence-corrected chi connectivity index (χ2v) is 32.3. The fourth-order valence-corrected chi connectivity index (χ4v) is 12.1. The Labute approximate surface area is 636 Å². The van der Waals surface area contributed by atoms with Gasteiger partial charge in [0.15, 0.2) is 46.3 Å². The molecule has 0 radical (unpaired) electrons. The van der Waals surface area contributed by atoms with Gasteiger partial charge in [0.05, 0.1) is 31.8 Å². The van der Waals surface area contributed by atoms with Crippen LogP contribution in [-0.4, -0.2) is 158 Å². The zero-order valence-electron chi connectivity index (χ0n) is 64.6. The molecule has 0 aliphatic heterocycles. The molecule has 8 aromatic rings. The Morgan fingerprint density at radius 2 is 0.294 bits per heavy atom. The molecule has 0 unspecified atom stereocenters. The SMILES string of the molecule is CC(C)(O)C(=O)c1ccc(C(OCC(COC(c2ccc(C(=O)C(C)(C)O)cc2)c2ccc(C(=O)C(C)(C)O)cc2)(COC(c2ccc(C(=O)C(C)(C)O)cc2)c2ccc(C(=O)C(C)(C)O)cc2)COC(c2ccc(C(=O)C(C)(C)O)cc2)c2ccc(C(=O)C(C)(C)O)cc2)c2ccc(C(=O)C(C)(C)O)cc2)cc1. The van der Waals surface area contributed by atoms with Gasteiger partial charge in [0, 0.05) is 44.5 Å². The third-order valence-corrected chi connectivity index (χ3v) is 18.5. The lowest BCUT2D eigenvalue weighted by molar-refractivity contribution is -0.138. The Kier molecular flexibility index (Phi) is 25.9. The number of rotatable bonds is 36. The van der Waals surface area contributed by atoms with E-state index in [1.807, 2.05) is 0 Å². The van der Waals surface area contributed by atoms with Crippen LogP contribution in [0.15, 0.2) is 194 Å². The molecular weight excluding hydrogens is 1390 g/mol. The van der Waals surface area contributed by atoms with Crippen molar-refractivity contribution in [3.05, 3.63) is 283 Å². The van der Waals surface area contributed by atoms with Crippen LogP contribution in [0.3, 0.4) is 0 Å². The highest BCUT2D eigenvalue weighted by molar-refractivity contribution is 6.05. The van der Waals surface area contributed by atoms with Crippen molar-refractivity contribution in [3.8, 4) is 0 Å². The van der Waals surface area contributed by atoms with Gasteiger partial charge >= 0.3 is 0 Å². The summed E-state index contributed by atoms with van der Waals surface area (Å²) in [6.45, 7) is 20.1. The van der Waals surface area contributed by atoms with Crippen molar-refractivity contribution >= 4 is 46.3 Å². The van der Waals surface area contributed by atoms with Gasteiger partial charge in [0.2, 0.25) is 0 Å². The summed E-state index contributed by atoms with van der Waals surface area (Å²) in [5.74, 6) is -4.66. The first-order valence-corrected chi connectivity index (χ1v) is 35.8. The molecular formula is C89H100O20. The number of carbonyl (C=O) groups excluding carboxylic acids is 8. The van der Waals surface area contributed by atoms with Gasteiger partial charge in [0.25, 0.3) is 0 Å². The summed E-state index contributed by atoms with van der Waals surface area (Å²) in [6.07, 6.45) is -4.54. The van der Waals surface area contributed by atoms with Crippen molar-refractivity contribution in [2.24, 2.45) is 5.41 Å². The Morgan fingerprint density at radius 1 is 0.202 bits per heavy atom. The normalized spacial score (nSPS) is 13.0. The van der Waals surface area contributed by atoms with Crippen molar-refractivity contribution in [1.82, 2.24) is 0 Å². The quantitative estimate of drug-likeness (QED) is 0.0169. The smallest absolute Gasteiger partial charge is 0.193 e. The monoisotopic (exact) mass is 1490 g/mol. The second-order valence-electron chi connectivity index (χ2n) is 32.3. The van der Waals surface area contributed by atoms with Crippen molar-refractivity contribution in [2.45, 2.75) is 180 Å². The Bertz CT molecular complexity index is 3690. The predicted octanol–water partition coefficient (Wildman–Crippen LogP) is 12.8. The van der Waals surface area contributed by atoms with Crippen molar-refractivity contribution in [3.63, 3.8) is 0 Å². The van der Waals surface area contributed by atoms with Crippen LogP contribution in [-0.2, 0) is 18.9 Å². The second kappa shape index (κ2) is 33.1. The van der Waals surface area contributed by atoms with E-state index in [2.05, 4.69) is 0 Å². The van der Waals surface area contributed by atoms with E-state index < -0.39 is 147 Å². The summed E-state index contributed by atoms with van der Waals surface area (Å²) in [6, 6.07) is 50.8. The molecule has 20 nitrogen and oxygen atoms in total. The van der Waals surface area contributed by atoms with Crippen molar-refractivity contribution in [1.29, 1.82) is 0 Å². The van der Waals surface area contributed by atoms with E-state index >= 15 is 0 Å². The molecule has 0 bridgehead atoms.